The lowest BCUT2D eigenvalue weighted by Gasteiger charge is -2.19. The van der Waals surface area contributed by atoms with Crippen LogP contribution in [-0.2, 0) is 16.0 Å². The minimum Gasteiger partial charge on any atom is -0.467 e. The van der Waals surface area contributed by atoms with Crippen LogP contribution in [0.2, 0.25) is 0 Å². The Labute approximate surface area is 105 Å². The summed E-state index contributed by atoms with van der Waals surface area (Å²) in [6.45, 7) is 0. The Kier molecular flexibility index (Phi) is 3.45. The van der Waals surface area contributed by atoms with Crippen LogP contribution < -0.4 is 0 Å². The Morgan fingerprint density at radius 1 is 1.56 bits per heavy atom. The Balaban J connectivity index is 2.50. The number of carbonyl (C=O) groups is 1. The summed E-state index contributed by atoms with van der Waals surface area (Å²) in [7, 11) is 1.24. The van der Waals surface area contributed by atoms with E-state index in [0.717, 1.165) is 17.5 Å². The molecule has 1 aromatic rings. The van der Waals surface area contributed by atoms with E-state index < -0.39 is 12.1 Å². The molecule has 0 heterocycles. The molecule has 4 heteroatoms. The predicted octanol–water partition coefficient (Wildman–Crippen LogP) is 1.75. The minimum absolute atomic E-state index is 0.528. The summed E-state index contributed by atoms with van der Waals surface area (Å²) in [4.78, 5) is 11.4. The summed E-state index contributed by atoms with van der Waals surface area (Å²) in [5.41, 5.74) is 2.77. The molecule has 1 aliphatic rings. The van der Waals surface area contributed by atoms with E-state index in [1.54, 1.807) is 12.1 Å². The van der Waals surface area contributed by atoms with Gasteiger partial charge in [0.25, 0.3) is 0 Å². The lowest BCUT2D eigenvalue weighted by molar-refractivity contribution is -0.150. The first kappa shape index (κ1) is 12.3. The lowest BCUT2D eigenvalue weighted by Crippen LogP contribution is -2.16. The third-order valence-electron chi connectivity index (χ3n) is 3.08. The van der Waals surface area contributed by atoms with Gasteiger partial charge < -0.3 is 9.84 Å². The quantitative estimate of drug-likeness (QED) is 0.803. The van der Waals surface area contributed by atoms with E-state index in [1.807, 2.05) is 12.1 Å². The number of rotatable bonds is 2. The second-order valence-electron chi connectivity index (χ2n) is 4.07. The van der Waals surface area contributed by atoms with Crippen LogP contribution in [0.15, 0.2) is 24.3 Å². The zero-order chi connectivity index (χ0) is 13.1. The van der Waals surface area contributed by atoms with Crippen LogP contribution in [0.5, 0.6) is 0 Å². The van der Waals surface area contributed by atoms with Gasteiger partial charge in [0.05, 0.1) is 18.8 Å². The maximum atomic E-state index is 11.4. The summed E-state index contributed by atoms with van der Waals surface area (Å²) in [6, 6.07) is 7.39. The number of esters is 1. The van der Waals surface area contributed by atoms with Crippen molar-refractivity contribution in [1.82, 2.24) is 0 Å². The molecule has 0 radical (unpaired) electrons. The first-order chi connectivity index (χ1) is 8.69. The van der Waals surface area contributed by atoms with E-state index in [1.165, 1.54) is 7.11 Å². The normalized spacial score (nSPS) is 15.1. The summed E-state index contributed by atoms with van der Waals surface area (Å²) < 4.78 is 4.54. The molecular formula is C14H13NO3. The SMILES string of the molecule is COC(=O)C(O)c1cccc2c1CCC=C2C#N. The van der Waals surface area contributed by atoms with E-state index in [0.29, 0.717) is 17.6 Å². The third kappa shape index (κ3) is 2.01. The Bertz CT molecular complexity index is 555. The third-order valence-corrected chi connectivity index (χ3v) is 3.08. The van der Waals surface area contributed by atoms with Crippen molar-refractivity contribution in [3.8, 4) is 6.07 Å². The number of nitrogens with zero attached hydrogens (tertiary/aromatic N) is 1. The second kappa shape index (κ2) is 5.03. The molecule has 0 amide bonds. The fraction of sp³-hybridized carbons (Fsp3) is 0.286. The van der Waals surface area contributed by atoms with Crippen LogP contribution in [-0.4, -0.2) is 18.2 Å². The first-order valence-electron chi connectivity index (χ1n) is 5.67. The van der Waals surface area contributed by atoms with Gasteiger partial charge in [-0.1, -0.05) is 24.3 Å². The summed E-state index contributed by atoms with van der Waals surface area (Å²) >= 11 is 0. The van der Waals surface area contributed by atoms with Crippen molar-refractivity contribution >= 4 is 11.5 Å². The number of allylic oxidation sites excluding steroid dienone is 2. The smallest absolute Gasteiger partial charge is 0.339 e. The molecule has 0 bridgehead atoms. The number of carbonyl (C=O) groups excluding carboxylic acids is 1. The number of aliphatic hydroxyl groups excluding tert-OH is 1. The Morgan fingerprint density at radius 3 is 3.00 bits per heavy atom. The van der Waals surface area contributed by atoms with E-state index in [9.17, 15) is 9.90 Å². The van der Waals surface area contributed by atoms with Gasteiger partial charge in [0.1, 0.15) is 0 Å². The van der Waals surface area contributed by atoms with Crippen LogP contribution in [0.4, 0.5) is 0 Å². The van der Waals surface area contributed by atoms with E-state index in [4.69, 9.17) is 5.26 Å². The number of ether oxygens (including phenoxy) is 1. The molecule has 1 unspecified atom stereocenters. The molecular weight excluding hydrogens is 230 g/mol. The summed E-state index contributed by atoms with van der Waals surface area (Å²) in [5.74, 6) is -0.684. The molecule has 0 saturated carbocycles. The highest BCUT2D eigenvalue weighted by Gasteiger charge is 2.24. The van der Waals surface area contributed by atoms with Gasteiger partial charge in [-0.15, -0.1) is 0 Å². The van der Waals surface area contributed by atoms with Gasteiger partial charge in [-0.3, -0.25) is 0 Å². The van der Waals surface area contributed by atoms with Crippen molar-refractivity contribution in [3.63, 3.8) is 0 Å². The fourth-order valence-corrected chi connectivity index (χ4v) is 2.21. The highest BCUT2D eigenvalue weighted by molar-refractivity contribution is 5.83. The lowest BCUT2D eigenvalue weighted by atomic mass is 9.86. The highest BCUT2D eigenvalue weighted by Crippen LogP contribution is 2.31. The van der Waals surface area contributed by atoms with Gasteiger partial charge >= 0.3 is 5.97 Å². The molecule has 92 valence electrons. The Morgan fingerprint density at radius 2 is 2.33 bits per heavy atom. The van der Waals surface area contributed by atoms with Gasteiger partial charge in [-0.2, -0.15) is 5.26 Å². The molecule has 1 aliphatic carbocycles. The number of fused-ring (bicyclic) bond motifs is 1. The van der Waals surface area contributed by atoms with Crippen LogP contribution in [0, 0.1) is 11.3 Å². The standard InChI is InChI=1S/C14H13NO3/c1-18-14(17)13(16)12-7-3-5-10-9(8-15)4-2-6-11(10)12/h3-5,7,13,16H,2,6H2,1H3. The number of aliphatic hydroxyl groups is 1. The zero-order valence-electron chi connectivity index (χ0n) is 10.0. The zero-order valence-corrected chi connectivity index (χ0v) is 10.0. The van der Waals surface area contributed by atoms with Gasteiger partial charge in [-0.25, -0.2) is 4.79 Å². The maximum absolute atomic E-state index is 11.4. The molecule has 1 atom stereocenters. The van der Waals surface area contributed by atoms with Gasteiger partial charge in [-0.05, 0) is 29.5 Å². The molecule has 1 N–H and O–H groups in total. The van der Waals surface area contributed by atoms with Crippen molar-refractivity contribution in [1.29, 1.82) is 5.26 Å². The Hall–Kier alpha value is -2.12. The van der Waals surface area contributed by atoms with E-state index in [2.05, 4.69) is 10.8 Å². The molecule has 0 fully saturated rings. The number of hydrogen-bond donors (Lipinski definition) is 1. The van der Waals surface area contributed by atoms with Gasteiger partial charge in [0.15, 0.2) is 6.10 Å². The van der Waals surface area contributed by atoms with Crippen molar-refractivity contribution in [2.75, 3.05) is 7.11 Å². The number of methoxy groups -OCH3 is 1. The fourth-order valence-electron chi connectivity index (χ4n) is 2.21. The molecule has 2 rings (SSSR count). The van der Waals surface area contributed by atoms with Crippen molar-refractivity contribution in [2.24, 2.45) is 0 Å². The first-order valence-corrected chi connectivity index (χ1v) is 5.67. The van der Waals surface area contributed by atoms with Crippen LogP contribution in [0.3, 0.4) is 0 Å². The molecule has 0 aromatic heterocycles. The highest BCUT2D eigenvalue weighted by atomic mass is 16.5. The van der Waals surface area contributed by atoms with Crippen LogP contribution in [0.25, 0.3) is 5.57 Å². The molecule has 0 aliphatic heterocycles. The second-order valence-corrected chi connectivity index (χ2v) is 4.07. The van der Waals surface area contributed by atoms with Gasteiger partial charge in [0.2, 0.25) is 0 Å². The average molecular weight is 243 g/mol. The topological polar surface area (TPSA) is 70.3 Å². The molecule has 0 spiro atoms. The largest absolute Gasteiger partial charge is 0.467 e. The van der Waals surface area contributed by atoms with Crippen molar-refractivity contribution < 1.29 is 14.6 Å². The summed E-state index contributed by atoms with van der Waals surface area (Å²) in [5, 5.41) is 19.0. The molecule has 4 nitrogen and oxygen atoms in total. The summed E-state index contributed by atoms with van der Waals surface area (Å²) in [6.07, 6.45) is 2.03. The van der Waals surface area contributed by atoms with Crippen molar-refractivity contribution in [3.05, 3.63) is 41.0 Å². The predicted molar refractivity (Wildman–Crippen MR) is 65.3 cm³/mol. The average Bonchev–Trinajstić information content (AvgIpc) is 2.44. The maximum Gasteiger partial charge on any atom is 0.339 e. The van der Waals surface area contributed by atoms with Crippen molar-refractivity contribution in [2.45, 2.75) is 18.9 Å². The number of benzene rings is 1. The van der Waals surface area contributed by atoms with E-state index in [-0.39, 0.29) is 0 Å². The number of nitriles is 1. The number of hydrogen-bond acceptors (Lipinski definition) is 4. The molecule has 18 heavy (non-hydrogen) atoms. The molecule has 1 aromatic carbocycles. The van der Waals surface area contributed by atoms with E-state index >= 15 is 0 Å². The monoisotopic (exact) mass is 243 g/mol. The van der Waals surface area contributed by atoms with Crippen LogP contribution >= 0.6 is 0 Å². The van der Waals surface area contributed by atoms with Crippen LogP contribution in [0.1, 0.15) is 29.2 Å². The van der Waals surface area contributed by atoms with Gasteiger partial charge in [0, 0.05) is 0 Å². The molecule has 0 saturated heterocycles. The minimum atomic E-state index is -1.29.